The number of anilines is 1. The minimum absolute atomic E-state index is 0.0741. The summed E-state index contributed by atoms with van der Waals surface area (Å²) < 4.78 is 6.84. The molecule has 0 unspecified atom stereocenters. The van der Waals surface area contributed by atoms with Gasteiger partial charge in [-0.3, -0.25) is 4.79 Å². The van der Waals surface area contributed by atoms with E-state index in [1.807, 2.05) is 55.5 Å². The summed E-state index contributed by atoms with van der Waals surface area (Å²) in [6.07, 6.45) is 0. The van der Waals surface area contributed by atoms with Crippen LogP contribution < -0.4 is 15.9 Å². The van der Waals surface area contributed by atoms with E-state index in [0.29, 0.717) is 17.6 Å². The lowest BCUT2D eigenvalue weighted by Gasteiger charge is -2.19. The monoisotopic (exact) mass is 425 g/mol. The summed E-state index contributed by atoms with van der Waals surface area (Å²) in [5.74, 6) is 7.50. The number of hydrogen-bond acceptors (Lipinski definition) is 6. The molecule has 1 amide bonds. The molecular formula is C22H27N5O2S. The lowest BCUT2D eigenvalue weighted by atomic mass is 9.87. The van der Waals surface area contributed by atoms with E-state index < -0.39 is 0 Å². The summed E-state index contributed by atoms with van der Waals surface area (Å²) in [4.78, 5) is 12.3. The highest BCUT2D eigenvalue weighted by atomic mass is 32.2. The Morgan fingerprint density at radius 3 is 2.37 bits per heavy atom. The van der Waals surface area contributed by atoms with Crippen LogP contribution in [-0.4, -0.2) is 33.1 Å². The van der Waals surface area contributed by atoms with Crippen LogP contribution in [0.25, 0.3) is 11.4 Å². The van der Waals surface area contributed by atoms with Gasteiger partial charge in [0.15, 0.2) is 5.82 Å². The molecule has 7 nitrogen and oxygen atoms in total. The molecule has 8 heteroatoms. The molecule has 0 fully saturated rings. The van der Waals surface area contributed by atoms with Crippen molar-refractivity contribution < 1.29 is 9.53 Å². The molecule has 30 heavy (non-hydrogen) atoms. The van der Waals surface area contributed by atoms with Crippen molar-refractivity contribution in [3.63, 3.8) is 0 Å². The Morgan fingerprint density at radius 1 is 1.10 bits per heavy atom. The number of nitrogens with zero attached hydrogens (tertiary/aromatic N) is 3. The Morgan fingerprint density at radius 2 is 1.77 bits per heavy atom. The van der Waals surface area contributed by atoms with E-state index in [-0.39, 0.29) is 17.1 Å². The molecule has 3 N–H and O–H groups in total. The molecular weight excluding hydrogens is 398 g/mol. The van der Waals surface area contributed by atoms with Crippen molar-refractivity contribution >= 4 is 23.4 Å². The van der Waals surface area contributed by atoms with Gasteiger partial charge >= 0.3 is 0 Å². The highest BCUT2D eigenvalue weighted by Crippen LogP contribution is 2.25. The first-order valence-electron chi connectivity index (χ1n) is 9.75. The minimum Gasteiger partial charge on any atom is -0.494 e. The van der Waals surface area contributed by atoms with Gasteiger partial charge in [0.25, 0.3) is 0 Å². The minimum atomic E-state index is -0.130. The molecule has 2 aromatic carbocycles. The second kappa shape index (κ2) is 9.21. The largest absolute Gasteiger partial charge is 0.494 e. The quantitative estimate of drug-likeness (QED) is 0.437. The molecule has 1 aromatic heterocycles. The zero-order valence-electron chi connectivity index (χ0n) is 17.7. The average Bonchev–Trinajstić information content (AvgIpc) is 3.07. The standard InChI is InChI=1S/C22H27N5O2S/c1-5-29-18-12-6-15(7-13-18)20-25-26-21(27(20)23)30-14-19(28)24-17-10-8-16(9-11-17)22(2,3)4/h6-13H,5,14,23H2,1-4H3,(H,24,28). The number of carbonyl (C=O) groups excluding carboxylic acids is 1. The average molecular weight is 426 g/mol. The van der Waals surface area contributed by atoms with E-state index in [0.717, 1.165) is 17.0 Å². The maximum atomic E-state index is 12.3. The fraction of sp³-hybridized carbons (Fsp3) is 0.318. The fourth-order valence-corrected chi connectivity index (χ4v) is 3.48. The number of hydrogen-bond donors (Lipinski definition) is 2. The van der Waals surface area contributed by atoms with Crippen LogP contribution in [0.1, 0.15) is 33.3 Å². The van der Waals surface area contributed by atoms with Crippen molar-refractivity contribution in [2.45, 2.75) is 38.3 Å². The highest BCUT2D eigenvalue weighted by molar-refractivity contribution is 7.99. The second-order valence-electron chi connectivity index (χ2n) is 7.80. The van der Waals surface area contributed by atoms with Crippen LogP contribution in [0.3, 0.4) is 0 Å². The van der Waals surface area contributed by atoms with Gasteiger partial charge < -0.3 is 15.9 Å². The number of nitrogen functional groups attached to an aromatic ring is 1. The molecule has 3 rings (SSSR count). The first-order valence-corrected chi connectivity index (χ1v) is 10.7. The van der Waals surface area contributed by atoms with Gasteiger partial charge in [0, 0.05) is 11.3 Å². The number of benzene rings is 2. The Kier molecular flexibility index (Phi) is 6.66. The molecule has 0 atom stereocenters. The molecule has 0 saturated carbocycles. The molecule has 0 aliphatic carbocycles. The zero-order valence-corrected chi connectivity index (χ0v) is 18.5. The van der Waals surface area contributed by atoms with Crippen LogP contribution in [0, 0.1) is 0 Å². The molecule has 1 heterocycles. The highest BCUT2D eigenvalue weighted by Gasteiger charge is 2.15. The number of thioether (sulfide) groups is 1. The van der Waals surface area contributed by atoms with Gasteiger partial charge in [-0.05, 0) is 54.3 Å². The third-order valence-electron chi connectivity index (χ3n) is 4.46. The van der Waals surface area contributed by atoms with E-state index in [1.165, 1.54) is 22.0 Å². The summed E-state index contributed by atoms with van der Waals surface area (Å²) in [6, 6.07) is 15.4. The first kappa shape index (κ1) is 21.7. The number of aromatic nitrogens is 3. The molecule has 0 saturated heterocycles. The first-order chi connectivity index (χ1) is 14.3. The smallest absolute Gasteiger partial charge is 0.234 e. The summed E-state index contributed by atoms with van der Waals surface area (Å²) in [7, 11) is 0. The van der Waals surface area contributed by atoms with Crippen LogP contribution >= 0.6 is 11.8 Å². The van der Waals surface area contributed by atoms with Crippen LogP contribution in [0.15, 0.2) is 53.7 Å². The Bertz CT molecular complexity index is 992. The number of nitrogens with one attached hydrogen (secondary N) is 1. The molecule has 3 aromatic rings. The van der Waals surface area contributed by atoms with Gasteiger partial charge in [0.2, 0.25) is 11.1 Å². The van der Waals surface area contributed by atoms with Crippen molar-refractivity contribution in [1.29, 1.82) is 0 Å². The van der Waals surface area contributed by atoms with Crippen LogP contribution in [0.5, 0.6) is 5.75 Å². The van der Waals surface area contributed by atoms with Gasteiger partial charge in [0.05, 0.1) is 12.4 Å². The summed E-state index contributed by atoms with van der Waals surface area (Å²) in [5, 5.41) is 11.6. The van der Waals surface area contributed by atoms with Crippen molar-refractivity contribution in [2.75, 3.05) is 23.5 Å². The van der Waals surface area contributed by atoms with Crippen LogP contribution in [-0.2, 0) is 10.2 Å². The van der Waals surface area contributed by atoms with Gasteiger partial charge in [-0.2, -0.15) is 0 Å². The maximum Gasteiger partial charge on any atom is 0.234 e. The molecule has 0 aliphatic heterocycles. The predicted octanol–water partition coefficient (Wildman–Crippen LogP) is 4.09. The topological polar surface area (TPSA) is 95.1 Å². The van der Waals surface area contributed by atoms with Gasteiger partial charge in [-0.15, -0.1) is 10.2 Å². The van der Waals surface area contributed by atoms with Crippen molar-refractivity contribution in [1.82, 2.24) is 14.9 Å². The number of carbonyl (C=O) groups is 1. The van der Waals surface area contributed by atoms with Crippen LogP contribution in [0.2, 0.25) is 0 Å². The zero-order chi connectivity index (χ0) is 21.7. The Balaban J connectivity index is 1.59. The lowest BCUT2D eigenvalue weighted by Crippen LogP contribution is -2.17. The Hall–Kier alpha value is -3.00. The molecule has 158 valence electrons. The Labute approximate surface area is 181 Å². The van der Waals surface area contributed by atoms with Crippen molar-refractivity contribution in [3.05, 3.63) is 54.1 Å². The van der Waals surface area contributed by atoms with E-state index >= 15 is 0 Å². The normalized spacial score (nSPS) is 11.3. The lowest BCUT2D eigenvalue weighted by molar-refractivity contribution is -0.113. The summed E-state index contributed by atoms with van der Waals surface area (Å²) >= 11 is 1.24. The van der Waals surface area contributed by atoms with Crippen molar-refractivity contribution in [2.24, 2.45) is 0 Å². The third kappa shape index (κ3) is 5.33. The number of amides is 1. The van der Waals surface area contributed by atoms with E-state index in [2.05, 4.69) is 36.3 Å². The van der Waals surface area contributed by atoms with Gasteiger partial charge in [-0.25, -0.2) is 4.68 Å². The number of rotatable bonds is 7. The van der Waals surface area contributed by atoms with Gasteiger partial charge in [0.1, 0.15) is 5.75 Å². The van der Waals surface area contributed by atoms with E-state index in [9.17, 15) is 4.79 Å². The van der Waals surface area contributed by atoms with Crippen molar-refractivity contribution in [3.8, 4) is 17.1 Å². The van der Waals surface area contributed by atoms with Crippen LogP contribution in [0.4, 0.5) is 5.69 Å². The third-order valence-corrected chi connectivity index (χ3v) is 5.40. The van der Waals surface area contributed by atoms with E-state index in [4.69, 9.17) is 10.6 Å². The molecule has 0 bridgehead atoms. The molecule has 0 radical (unpaired) electrons. The molecule has 0 spiro atoms. The van der Waals surface area contributed by atoms with Gasteiger partial charge in [-0.1, -0.05) is 44.7 Å². The second-order valence-corrected chi connectivity index (χ2v) is 8.74. The van der Waals surface area contributed by atoms with E-state index in [1.54, 1.807) is 0 Å². The molecule has 0 aliphatic rings. The number of ether oxygens (including phenoxy) is 1. The number of nitrogens with two attached hydrogens (primary N) is 1. The predicted molar refractivity (Wildman–Crippen MR) is 121 cm³/mol. The SMILES string of the molecule is CCOc1ccc(-c2nnc(SCC(=O)Nc3ccc(C(C)(C)C)cc3)n2N)cc1. The maximum absolute atomic E-state index is 12.3. The summed E-state index contributed by atoms with van der Waals surface area (Å²) in [6.45, 7) is 9.01. The fourth-order valence-electron chi connectivity index (χ4n) is 2.82. The summed E-state index contributed by atoms with van der Waals surface area (Å²) in [5.41, 5.74) is 2.87.